The third kappa shape index (κ3) is 4.91. The summed E-state index contributed by atoms with van der Waals surface area (Å²) in [6, 6.07) is 1.84. The highest BCUT2D eigenvalue weighted by Gasteiger charge is 2.53. The minimum atomic E-state index is -1.01. The van der Waals surface area contributed by atoms with Gasteiger partial charge < -0.3 is 20.3 Å². The SMILES string of the molecule is COC(=O)C1=C(CN2CCN3C(CN(C4CC4)C3O)C2C(=O)O)NC(c2nccs2)=NC1c1ccc(F)cc1Cl. The molecule has 3 aliphatic heterocycles. The number of aromatic nitrogens is 1. The zero-order chi connectivity index (χ0) is 28.1. The van der Waals surface area contributed by atoms with Gasteiger partial charge in [0.15, 0.2) is 17.2 Å². The molecule has 6 rings (SSSR count). The third-order valence-corrected chi connectivity index (χ3v) is 8.98. The maximum absolute atomic E-state index is 13.9. The van der Waals surface area contributed by atoms with E-state index in [2.05, 4.69) is 10.3 Å². The lowest BCUT2D eigenvalue weighted by atomic mass is 9.94. The number of hydrogen-bond acceptors (Lipinski definition) is 11. The van der Waals surface area contributed by atoms with E-state index in [1.165, 1.54) is 30.6 Å². The van der Waals surface area contributed by atoms with Crippen LogP contribution in [0.15, 0.2) is 46.0 Å². The monoisotopic (exact) mass is 590 g/mol. The number of carbonyl (C=O) groups is 2. The Balaban J connectivity index is 1.39. The number of aliphatic carboxylic acids is 1. The van der Waals surface area contributed by atoms with Crippen molar-refractivity contribution in [3.63, 3.8) is 0 Å². The summed E-state index contributed by atoms with van der Waals surface area (Å²) in [5.41, 5.74) is 0.943. The van der Waals surface area contributed by atoms with E-state index in [0.717, 1.165) is 18.9 Å². The molecular formula is C26H28ClFN6O5S. The lowest BCUT2D eigenvalue weighted by Gasteiger charge is -2.43. The van der Waals surface area contributed by atoms with Crippen molar-refractivity contribution in [2.75, 3.05) is 33.3 Å². The third-order valence-electron chi connectivity index (χ3n) is 7.87. The van der Waals surface area contributed by atoms with E-state index in [0.29, 0.717) is 41.7 Å². The molecule has 11 nitrogen and oxygen atoms in total. The number of aliphatic hydroxyl groups is 1. The molecule has 2 aromatic rings. The number of ether oxygens (including phenoxy) is 1. The summed E-state index contributed by atoms with van der Waals surface area (Å²) in [6.45, 7) is 1.30. The Morgan fingerprint density at radius 1 is 1.27 bits per heavy atom. The quantitative estimate of drug-likeness (QED) is 0.409. The van der Waals surface area contributed by atoms with Crippen molar-refractivity contribution in [2.45, 2.75) is 43.4 Å². The van der Waals surface area contributed by atoms with E-state index in [-0.39, 0.29) is 23.2 Å². The van der Waals surface area contributed by atoms with E-state index in [1.807, 2.05) is 9.80 Å². The number of nitrogens with zero attached hydrogens (tertiary/aromatic N) is 5. The summed E-state index contributed by atoms with van der Waals surface area (Å²) in [6.07, 6.45) is 2.79. The Bertz CT molecular complexity index is 1390. The Hall–Kier alpha value is -2.94. The molecule has 3 fully saturated rings. The second-order valence-electron chi connectivity index (χ2n) is 10.2. The molecule has 14 heteroatoms. The van der Waals surface area contributed by atoms with Crippen molar-refractivity contribution < 1.29 is 28.9 Å². The van der Waals surface area contributed by atoms with Gasteiger partial charge in [0, 0.05) is 60.1 Å². The standard InChI is InChI=1S/C26H28ClFN6O5S/c1-39-25(37)19-17(11-32-7-8-33-18(21(32)24(35)36)12-34(26(33)38)14-3-4-14)30-22(23-29-6-9-40-23)31-20(19)15-5-2-13(28)10-16(15)27/h2,5-6,9-10,14,18,20-21,26,38H,3-4,7-8,11-12H2,1H3,(H,30,31)(H,35,36). The largest absolute Gasteiger partial charge is 0.480 e. The number of aliphatic hydroxyl groups excluding tert-OH is 1. The number of thiazole rings is 1. The van der Waals surface area contributed by atoms with Crippen molar-refractivity contribution >= 4 is 40.7 Å². The highest BCUT2D eigenvalue weighted by atomic mass is 35.5. The minimum absolute atomic E-state index is 0.0605. The first-order chi connectivity index (χ1) is 19.3. The molecule has 1 aromatic carbocycles. The van der Waals surface area contributed by atoms with Gasteiger partial charge in [0.1, 0.15) is 17.9 Å². The van der Waals surface area contributed by atoms with Gasteiger partial charge in [-0.15, -0.1) is 11.3 Å². The second-order valence-corrected chi connectivity index (χ2v) is 11.5. The van der Waals surface area contributed by atoms with Crippen molar-refractivity contribution in [1.29, 1.82) is 0 Å². The van der Waals surface area contributed by atoms with Gasteiger partial charge in [-0.05, 0) is 25.0 Å². The summed E-state index contributed by atoms with van der Waals surface area (Å²) in [5.74, 6) is -1.83. The summed E-state index contributed by atoms with van der Waals surface area (Å²) >= 11 is 7.77. The molecule has 1 aromatic heterocycles. The molecule has 4 unspecified atom stereocenters. The number of piperazine rings is 1. The molecule has 0 bridgehead atoms. The van der Waals surface area contributed by atoms with Crippen LogP contribution in [0.4, 0.5) is 4.39 Å². The molecule has 0 amide bonds. The molecule has 0 spiro atoms. The molecule has 212 valence electrons. The number of nitrogens with one attached hydrogen (secondary N) is 1. The molecular weight excluding hydrogens is 563 g/mol. The summed E-state index contributed by atoms with van der Waals surface area (Å²) in [5, 5.41) is 26.9. The fourth-order valence-electron chi connectivity index (χ4n) is 5.88. The molecule has 40 heavy (non-hydrogen) atoms. The van der Waals surface area contributed by atoms with Crippen LogP contribution in [-0.4, -0.2) is 105 Å². The number of methoxy groups -OCH3 is 1. The van der Waals surface area contributed by atoms with Crippen LogP contribution in [0, 0.1) is 5.82 Å². The first-order valence-corrected chi connectivity index (χ1v) is 14.2. The number of hydrogen-bond donors (Lipinski definition) is 3. The smallest absolute Gasteiger partial charge is 0.338 e. The number of benzene rings is 1. The Morgan fingerprint density at radius 3 is 2.73 bits per heavy atom. The number of carboxylic acid groups (broad SMARTS) is 1. The molecule has 0 radical (unpaired) electrons. The molecule has 4 atom stereocenters. The van der Waals surface area contributed by atoms with Crippen molar-refractivity contribution in [3.8, 4) is 0 Å². The molecule has 4 aliphatic rings. The topological polar surface area (TPSA) is 131 Å². The normalized spacial score (nSPS) is 27.8. The first kappa shape index (κ1) is 27.2. The number of esters is 1. The highest BCUT2D eigenvalue weighted by Crippen LogP contribution is 2.39. The number of amidine groups is 1. The zero-order valence-electron chi connectivity index (χ0n) is 21.5. The van der Waals surface area contributed by atoms with Gasteiger partial charge in [-0.2, -0.15) is 0 Å². The minimum Gasteiger partial charge on any atom is -0.480 e. The summed E-state index contributed by atoms with van der Waals surface area (Å²) < 4.78 is 19.1. The number of carbonyl (C=O) groups excluding carboxylic acids is 1. The summed E-state index contributed by atoms with van der Waals surface area (Å²) in [4.78, 5) is 40.6. The van der Waals surface area contributed by atoms with E-state index in [4.69, 9.17) is 21.3 Å². The molecule has 1 saturated carbocycles. The molecule has 4 heterocycles. The van der Waals surface area contributed by atoms with Crippen LogP contribution in [0.2, 0.25) is 5.02 Å². The maximum Gasteiger partial charge on any atom is 0.338 e. The predicted octanol–water partition coefficient (Wildman–Crippen LogP) is 1.65. The van der Waals surface area contributed by atoms with Crippen LogP contribution in [0.25, 0.3) is 0 Å². The van der Waals surface area contributed by atoms with Gasteiger partial charge in [0.2, 0.25) is 0 Å². The number of fused-ring (bicyclic) bond motifs is 1. The molecule has 3 N–H and O–H groups in total. The fraction of sp³-hybridized carbons (Fsp3) is 0.462. The van der Waals surface area contributed by atoms with Crippen LogP contribution < -0.4 is 5.32 Å². The lowest BCUT2D eigenvalue weighted by Crippen LogP contribution is -2.63. The molecule has 2 saturated heterocycles. The Labute approximate surface area is 238 Å². The Morgan fingerprint density at radius 2 is 2.08 bits per heavy atom. The van der Waals surface area contributed by atoms with Gasteiger partial charge in [0.05, 0.1) is 18.7 Å². The zero-order valence-corrected chi connectivity index (χ0v) is 23.1. The lowest BCUT2D eigenvalue weighted by molar-refractivity contribution is -0.151. The van der Waals surface area contributed by atoms with Gasteiger partial charge in [-0.25, -0.2) is 14.2 Å². The van der Waals surface area contributed by atoms with Crippen molar-refractivity contribution in [2.24, 2.45) is 4.99 Å². The molecule has 1 aliphatic carbocycles. The van der Waals surface area contributed by atoms with Crippen LogP contribution in [0.1, 0.15) is 29.5 Å². The van der Waals surface area contributed by atoms with Crippen LogP contribution in [0.5, 0.6) is 0 Å². The highest BCUT2D eigenvalue weighted by molar-refractivity contribution is 7.11. The van der Waals surface area contributed by atoms with E-state index >= 15 is 0 Å². The first-order valence-electron chi connectivity index (χ1n) is 12.9. The number of aliphatic imine (C=N–C) groups is 1. The van der Waals surface area contributed by atoms with Gasteiger partial charge in [-0.1, -0.05) is 17.7 Å². The second kappa shape index (κ2) is 10.8. The van der Waals surface area contributed by atoms with Crippen molar-refractivity contribution in [3.05, 3.63) is 62.5 Å². The van der Waals surface area contributed by atoms with Crippen LogP contribution >= 0.6 is 22.9 Å². The summed E-state index contributed by atoms with van der Waals surface area (Å²) in [7, 11) is 1.25. The van der Waals surface area contributed by atoms with Crippen LogP contribution in [-0.2, 0) is 14.3 Å². The van der Waals surface area contributed by atoms with E-state index < -0.39 is 42.2 Å². The average Bonchev–Trinajstić information content (AvgIpc) is 3.50. The van der Waals surface area contributed by atoms with Crippen LogP contribution in [0.3, 0.4) is 0 Å². The van der Waals surface area contributed by atoms with E-state index in [1.54, 1.807) is 16.5 Å². The van der Waals surface area contributed by atoms with Gasteiger partial charge in [-0.3, -0.25) is 24.5 Å². The Kier molecular flexibility index (Phi) is 7.36. The van der Waals surface area contributed by atoms with Crippen molar-refractivity contribution in [1.82, 2.24) is 25.0 Å². The van der Waals surface area contributed by atoms with Gasteiger partial charge in [0.25, 0.3) is 0 Å². The number of rotatable bonds is 7. The van der Waals surface area contributed by atoms with Gasteiger partial charge >= 0.3 is 11.9 Å². The average molecular weight is 591 g/mol. The number of carboxylic acids is 1. The fourth-order valence-corrected chi connectivity index (χ4v) is 6.74. The number of halogens is 2. The van der Waals surface area contributed by atoms with E-state index in [9.17, 15) is 24.2 Å². The predicted molar refractivity (Wildman–Crippen MR) is 144 cm³/mol. The maximum atomic E-state index is 13.9.